The Labute approximate surface area is 128 Å². The van der Waals surface area contributed by atoms with Gasteiger partial charge in [0.2, 0.25) is 0 Å². The van der Waals surface area contributed by atoms with Crippen LogP contribution in [0.4, 0.5) is 0 Å². The van der Waals surface area contributed by atoms with Gasteiger partial charge in [0.15, 0.2) is 0 Å². The molecule has 0 heterocycles. The highest BCUT2D eigenvalue weighted by molar-refractivity contribution is 6.77. The zero-order valence-corrected chi connectivity index (χ0v) is 15.6. The second kappa shape index (κ2) is 8.38. The lowest BCUT2D eigenvalue weighted by atomic mass is 9.92. The van der Waals surface area contributed by atoms with Gasteiger partial charge in [-0.2, -0.15) is 0 Å². The van der Waals surface area contributed by atoms with Gasteiger partial charge in [0.25, 0.3) is 0 Å². The van der Waals surface area contributed by atoms with E-state index in [9.17, 15) is 0 Å². The molecule has 0 aromatic carbocycles. The second-order valence-electron chi connectivity index (χ2n) is 8.14. The SMILES string of the molecule is CC(C)(C)[Si](C)(C)NCCC1CC/C=C\CCCCC1. The minimum Gasteiger partial charge on any atom is -0.337 e. The van der Waals surface area contributed by atoms with Gasteiger partial charge in [-0.25, -0.2) is 0 Å². The molecule has 0 radical (unpaired) electrons. The Morgan fingerprint density at radius 3 is 2.40 bits per heavy atom. The quantitative estimate of drug-likeness (QED) is 0.504. The summed E-state index contributed by atoms with van der Waals surface area (Å²) in [6.45, 7) is 13.3. The van der Waals surface area contributed by atoms with Crippen LogP contribution in [0.1, 0.15) is 72.1 Å². The van der Waals surface area contributed by atoms with Gasteiger partial charge in [-0.15, -0.1) is 0 Å². The van der Waals surface area contributed by atoms with Gasteiger partial charge >= 0.3 is 0 Å². The van der Waals surface area contributed by atoms with E-state index in [0.717, 1.165) is 5.92 Å². The van der Waals surface area contributed by atoms with Crippen LogP contribution in [0, 0.1) is 5.92 Å². The molecular weight excluding hydrogens is 258 g/mol. The van der Waals surface area contributed by atoms with Crippen LogP contribution in [0.15, 0.2) is 12.2 Å². The van der Waals surface area contributed by atoms with Gasteiger partial charge in [0.1, 0.15) is 8.24 Å². The standard InChI is InChI=1S/C18H37NSi/c1-18(2,3)20(4,5)19-16-15-17-13-11-9-7-6-8-10-12-14-17/h7,9,17,19H,6,8,10-16H2,1-5H3/b9-7-. The Morgan fingerprint density at radius 2 is 1.70 bits per heavy atom. The molecule has 1 unspecified atom stereocenters. The monoisotopic (exact) mass is 295 g/mol. The maximum atomic E-state index is 3.93. The molecule has 0 bridgehead atoms. The number of nitrogens with one attached hydrogen (secondary N) is 1. The summed E-state index contributed by atoms with van der Waals surface area (Å²) < 4.78 is 0. The average Bonchev–Trinajstić information content (AvgIpc) is 2.35. The Bertz CT molecular complexity index is 288. The molecule has 118 valence electrons. The molecule has 0 saturated heterocycles. The van der Waals surface area contributed by atoms with E-state index in [-0.39, 0.29) is 0 Å². The highest BCUT2D eigenvalue weighted by Crippen LogP contribution is 2.33. The van der Waals surface area contributed by atoms with Crippen LogP contribution < -0.4 is 4.98 Å². The third kappa shape index (κ3) is 6.58. The van der Waals surface area contributed by atoms with Gasteiger partial charge in [-0.1, -0.05) is 65.3 Å². The third-order valence-corrected chi connectivity index (χ3v) is 10.3. The average molecular weight is 296 g/mol. The minimum atomic E-state index is -1.29. The van der Waals surface area contributed by atoms with E-state index in [0.29, 0.717) is 5.04 Å². The van der Waals surface area contributed by atoms with Crippen LogP contribution in [0.2, 0.25) is 18.1 Å². The topological polar surface area (TPSA) is 12.0 Å². The van der Waals surface area contributed by atoms with Crippen molar-refractivity contribution in [1.29, 1.82) is 0 Å². The lowest BCUT2D eigenvalue weighted by Crippen LogP contribution is -2.52. The lowest BCUT2D eigenvalue weighted by molar-refractivity contribution is 0.399. The first-order chi connectivity index (χ1) is 9.33. The van der Waals surface area contributed by atoms with E-state index < -0.39 is 8.24 Å². The third-order valence-electron chi connectivity index (χ3n) is 5.39. The number of rotatable bonds is 4. The summed E-state index contributed by atoms with van der Waals surface area (Å²) >= 11 is 0. The van der Waals surface area contributed by atoms with Crippen molar-refractivity contribution in [2.24, 2.45) is 5.92 Å². The predicted molar refractivity (Wildman–Crippen MR) is 94.8 cm³/mol. The molecule has 1 aliphatic carbocycles. The normalized spacial score (nSPS) is 24.4. The second-order valence-corrected chi connectivity index (χ2v) is 13.2. The van der Waals surface area contributed by atoms with Gasteiger partial charge in [-0.05, 0) is 49.6 Å². The van der Waals surface area contributed by atoms with Crippen molar-refractivity contribution in [2.45, 2.75) is 90.3 Å². The summed E-state index contributed by atoms with van der Waals surface area (Å²) in [5, 5.41) is 0.450. The molecule has 1 nitrogen and oxygen atoms in total. The largest absolute Gasteiger partial charge is 0.337 e. The number of hydrogen-bond donors (Lipinski definition) is 1. The Hall–Kier alpha value is -0.0831. The van der Waals surface area contributed by atoms with Crippen molar-refractivity contribution < 1.29 is 0 Å². The zero-order valence-electron chi connectivity index (χ0n) is 14.6. The first-order valence-corrected chi connectivity index (χ1v) is 11.7. The van der Waals surface area contributed by atoms with Crippen LogP contribution >= 0.6 is 0 Å². The zero-order chi connectivity index (χ0) is 15.1. The fourth-order valence-corrected chi connectivity index (χ4v) is 4.03. The summed E-state index contributed by atoms with van der Waals surface area (Å²) in [5.74, 6) is 0.940. The van der Waals surface area contributed by atoms with Crippen LogP contribution in [0.25, 0.3) is 0 Å². The first-order valence-electron chi connectivity index (χ1n) is 8.73. The molecule has 0 spiro atoms. The summed E-state index contributed by atoms with van der Waals surface area (Å²) in [6.07, 6.45) is 15.9. The summed E-state index contributed by atoms with van der Waals surface area (Å²) in [7, 11) is -1.29. The maximum Gasteiger partial charge on any atom is 0.124 e. The van der Waals surface area contributed by atoms with Crippen molar-refractivity contribution in [1.82, 2.24) is 4.98 Å². The minimum absolute atomic E-state index is 0.450. The van der Waals surface area contributed by atoms with Gasteiger partial charge in [0.05, 0.1) is 0 Å². The van der Waals surface area contributed by atoms with E-state index in [1.54, 1.807) is 0 Å². The smallest absolute Gasteiger partial charge is 0.124 e. The van der Waals surface area contributed by atoms with Crippen LogP contribution in [0.3, 0.4) is 0 Å². The first kappa shape index (κ1) is 18.0. The molecule has 0 amide bonds. The molecule has 0 saturated carbocycles. The molecule has 1 N–H and O–H groups in total. The van der Waals surface area contributed by atoms with Crippen molar-refractivity contribution in [3.63, 3.8) is 0 Å². The predicted octanol–water partition coefficient (Wildman–Crippen LogP) is 5.89. The van der Waals surface area contributed by atoms with E-state index in [1.807, 2.05) is 0 Å². The van der Waals surface area contributed by atoms with Gasteiger partial charge in [-0.3, -0.25) is 0 Å². The Balaban J connectivity index is 2.35. The van der Waals surface area contributed by atoms with E-state index in [4.69, 9.17) is 0 Å². The highest BCUT2D eigenvalue weighted by Gasteiger charge is 2.34. The Morgan fingerprint density at radius 1 is 1.00 bits per heavy atom. The van der Waals surface area contributed by atoms with E-state index in [1.165, 1.54) is 57.9 Å². The van der Waals surface area contributed by atoms with Crippen molar-refractivity contribution >= 4 is 8.24 Å². The fraction of sp³-hybridized carbons (Fsp3) is 0.889. The van der Waals surface area contributed by atoms with E-state index >= 15 is 0 Å². The van der Waals surface area contributed by atoms with Crippen molar-refractivity contribution in [3.05, 3.63) is 12.2 Å². The lowest BCUT2D eigenvalue weighted by Gasteiger charge is -2.38. The summed E-state index contributed by atoms with van der Waals surface area (Å²) in [4.78, 5) is 3.93. The molecule has 0 aromatic rings. The molecule has 20 heavy (non-hydrogen) atoms. The van der Waals surface area contributed by atoms with Gasteiger partial charge < -0.3 is 4.98 Å². The fourth-order valence-electron chi connectivity index (χ4n) is 2.73. The molecule has 2 heteroatoms. The van der Waals surface area contributed by atoms with Crippen molar-refractivity contribution in [3.8, 4) is 0 Å². The summed E-state index contributed by atoms with van der Waals surface area (Å²) in [6, 6.07) is 0. The molecule has 1 rings (SSSR count). The molecule has 0 aromatic heterocycles. The molecule has 1 aliphatic rings. The van der Waals surface area contributed by atoms with Crippen molar-refractivity contribution in [2.75, 3.05) is 6.54 Å². The van der Waals surface area contributed by atoms with Crippen LogP contribution in [-0.2, 0) is 0 Å². The molecular formula is C18H37NSi. The van der Waals surface area contributed by atoms with Crippen LogP contribution in [0.5, 0.6) is 0 Å². The summed E-state index contributed by atoms with van der Waals surface area (Å²) in [5.41, 5.74) is 0. The van der Waals surface area contributed by atoms with Crippen LogP contribution in [-0.4, -0.2) is 14.8 Å². The molecule has 0 fully saturated rings. The molecule has 0 aliphatic heterocycles. The van der Waals surface area contributed by atoms with Gasteiger partial charge in [0, 0.05) is 0 Å². The highest BCUT2D eigenvalue weighted by atomic mass is 28.3. The maximum absolute atomic E-state index is 3.93. The number of hydrogen-bond acceptors (Lipinski definition) is 1. The number of allylic oxidation sites excluding steroid dienone is 2. The Kier molecular flexibility index (Phi) is 7.53. The van der Waals surface area contributed by atoms with E-state index in [2.05, 4.69) is 51.0 Å². The molecule has 1 atom stereocenters.